The summed E-state index contributed by atoms with van der Waals surface area (Å²) in [5.41, 5.74) is 2.82. The Morgan fingerprint density at radius 3 is 2.30 bits per heavy atom. The Morgan fingerprint density at radius 1 is 0.957 bits per heavy atom. The van der Waals surface area contributed by atoms with E-state index in [9.17, 15) is 23.1 Å². The van der Waals surface area contributed by atoms with Crippen LogP contribution in [0.2, 0.25) is 0 Å². The molecule has 246 valence electrons. The van der Waals surface area contributed by atoms with Crippen LogP contribution in [0.5, 0.6) is 5.75 Å². The van der Waals surface area contributed by atoms with Crippen LogP contribution >= 0.6 is 0 Å². The molecule has 0 radical (unpaired) electrons. The van der Waals surface area contributed by atoms with Crippen molar-refractivity contribution in [1.82, 2.24) is 10.6 Å². The zero-order valence-corrected chi connectivity index (χ0v) is 27.3. The second kappa shape index (κ2) is 15.3. The minimum Gasteiger partial charge on any atom is -0.497 e. The number of nitrogens with one attached hydrogen (secondary N) is 2. The molecule has 4 aromatic carbocycles. The van der Waals surface area contributed by atoms with Gasteiger partial charge >= 0.3 is 0 Å². The summed E-state index contributed by atoms with van der Waals surface area (Å²) in [4.78, 5) is 28.8. The van der Waals surface area contributed by atoms with Crippen molar-refractivity contribution in [1.29, 1.82) is 0 Å². The Kier molecular flexibility index (Phi) is 10.9. The van der Waals surface area contributed by atoms with E-state index in [-0.39, 0.29) is 35.8 Å². The molecule has 11 heteroatoms. The molecule has 1 aliphatic heterocycles. The van der Waals surface area contributed by atoms with Gasteiger partial charge in [-0.2, -0.15) is 0 Å². The van der Waals surface area contributed by atoms with E-state index >= 15 is 0 Å². The summed E-state index contributed by atoms with van der Waals surface area (Å²) in [6.07, 6.45) is 1.31. The molecule has 1 aliphatic rings. The molecule has 0 spiro atoms. The lowest BCUT2D eigenvalue weighted by Crippen LogP contribution is -2.49. The largest absolute Gasteiger partial charge is 0.497 e. The van der Waals surface area contributed by atoms with E-state index in [4.69, 9.17) is 4.74 Å². The Morgan fingerprint density at radius 2 is 1.64 bits per heavy atom. The van der Waals surface area contributed by atoms with Crippen molar-refractivity contribution in [2.24, 2.45) is 0 Å². The third kappa shape index (κ3) is 8.37. The Hall–Kier alpha value is -4.71. The monoisotopic (exact) mass is 656 g/mol. The van der Waals surface area contributed by atoms with Crippen LogP contribution in [0.15, 0.2) is 103 Å². The zero-order valence-electron chi connectivity index (χ0n) is 26.5. The molecule has 2 atom stereocenters. The highest BCUT2D eigenvalue weighted by atomic mass is 32.2. The van der Waals surface area contributed by atoms with Crippen LogP contribution in [0.25, 0.3) is 0 Å². The average Bonchev–Trinajstić information content (AvgIpc) is 3.50. The van der Waals surface area contributed by atoms with Gasteiger partial charge in [-0.25, -0.2) is 12.7 Å². The molecule has 1 heterocycles. The van der Waals surface area contributed by atoms with Gasteiger partial charge in [0, 0.05) is 26.1 Å². The van der Waals surface area contributed by atoms with Crippen LogP contribution in [0.4, 0.5) is 17.1 Å². The first-order chi connectivity index (χ1) is 22.7. The minimum atomic E-state index is -3.89. The van der Waals surface area contributed by atoms with E-state index in [0.29, 0.717) is 31.6 Å². The van der Waals surface area contributed by atoms with Crippen LogP contribution in [-0.2, 0) is 27.8 Å². The summed E-state index contributed by atoms with van der Waals surface area (Å²) < 4.78 is 33.0. The van der Waals surface area contributed by atoms with Gasteiger partial charge in [-0.1, -0.05) is 66.7 Å². The highest BCUT2D eigenvalue weighted by Crippen LogP contribution is 2.40. The van der Waals surface area contributed by atoms with Crippen LogP contribution in [0, 0.1) is 0 Å². The number of hydrogen-bond acceptors (Lipinski definition) is 7. The number of nitrogens with zero attached hydrogens (tertiary/aromatic N) is 2. The van der Waals surface area contributed by atoms with Gasteiger partial charge in [0.2, 0.25) is 15.9 Å². The fourth-order valence-corrected chi connectivity index (χ4v) is 6.82. The van der Waals surface area contributed by atoms with Gasteiger partial charge in [-0.3, -0.25) is 9.59 Å². The summed E-state index contributed by atoms with van der Waals surface area (Å²) in [5, 5.41) is 17.7. The van der Waals surface area contributed by atoms with Gasteiger partial charge in [-0.15, -0.1) is 0 Å². The first-order valence-corrected chi connectivity index (χ1v) is 17.4. The van der Waals surface area contributed by atoms with E-state index in [2.05, 4.69) is 10.6 Å². The lowest BCUT2D eigenvalue weighted by atomic mass is 10.00. The lowest BCUT2D eigenvalue weighted by Gasteiger charge is -2.30. The molecule has 2 amide bonds. The van der Waals surface area contributed by atoms with Crippen LogP contribution in [-0.4, -0.2) is 63.9 Å². The van der Waals surface area contributed by atoms with E-state index in [1.165, 1.54) is 4.90 Å². The number of aliphatic hydroxyl groups excluding tert-OH is 1. The first-order valence-electron chi connectivity index (χ1n) is 15.5. The van der Waals surface area contributed by atoms with Crippen molar-refractivity contribution < 1.29 is 27.9 Å². The number of benzene rings is 4. The molecular weight excluding hydrogens is 616 g/mol. The number of hydrogen-bond donors (Lipinski definition) is 3. The molecule has 5 rings (SSSR count). The molecule has 3 N–H and O–H groups in total. The van der Waals surface area contributed by atoms with E-state index < -0.39 is 28.1 Å². The van der Waals surface area contributed by atoms with Crippen LogP contribution in [0.3, 0.4) is 0 Å². The van der Waals surface area contributed by atoms with Crippen molar-refractivity contribution in [2.75, 3.05) is 35.7 Å². The van der Waals surface area contributed by atoms with Crippen molar-refractivity contribution >= 4 is 38.9 Å². The topological polar surface area (TPSA) is 128 Å². The second-order valence-corrected chi connectivity index (χ2v) is 13.3. The van der Waals surface area contributed by atoms with Crippen molar-refractivity contribution in [3.05, 3.63) is 120 Å². The van der Waals surface area contributed by atoms with Crippen LogP contribution < -0.4 is 24.6 Å². The predicted molar refractivity (Wildman–Crippen MR) is 184 cm³/mol. The first kappa shape index (κ1) is 33.6. The highest BCUT2D eigenvalue weighted by molar-refractivity contribution is 7.92. The standard InChI is InChI=1S/C36H40N4O6S/c1-46-29-17-9-14-27(22-29)24-37-25-33(41)31(23-26-12-5-3-6-13-26)38-36(43)30-18-10-19-32(35(30)39-21-11-20-34(39)42)40(47(2,44)45)28-15-7-4-8-16-28/h3-10,12-19,22,31,33,37,41H,11,20-21,23-25H2,1-2H3,(H,38,43)/t31-,33+/m0/s1. The second-order valence-electron chi connectivity index (χ2n) is 11.5. The fourth-order valence-electron chi connectivity index (χ4n) is 5.81. The normalized spacial score (nSPS) is 14.4. The summed E-state index contributed by atoms with van der Waals surface area (Å²) in [6, 6.07) is 29.8. The number of para-hydroxylation sites is 2. The van der Waals surface area contributed by atoms with Gasteiger partial charge in [0.25, 0.3) is 5.91 Å². The smallest absolute Gasteiger partial charge is 0.253 e. The molecule has 0 unspecified atom stereocenters. The molecule has 4 aromatic rings. The molecule has 0 aromatic heterocycles. The molecule has 47 heavy (non-hydrogen) atoms. The Bertz CT molecular complexity index is 1790. The number of ether oxygens (including phenoxy) is 1. The quantitative estimate of drug-likeness (QED) is 0.184. The summed E-state index contributed by atoms with van der Waals surface area (Å²) >= 11 is 0. The Labute approximate surface area is 276 Å². The molecule has 0 bridgehead atoms. The molecule has 10 nitrogen and oxygen atoms in total. The lowest BCUT2D eigenvalue weighted by molar-refractivity contribution is -0.117. The fraction of sp³-hybridized carbons (Fsp3) is 0.278. The third-order valence-corrected chi connectivity index (χ3v) is 9.11. The highest BCUT2D eigenvalue weighted by Gasteiger charge is 2.34. The van der Waals surface area contributed by atoms with Gasteiger partial charge in [0.15, 0.2) is 0 Å². The number of carbonyl (C=O) groups is 2. The van der Waals surface area contributed by atoms with Gasteiger partial charge in [-0.05, 0) is 60.4 Å². The van der Waals surface area contributed by atoms with E-state index in [0.717, 1.165) is 27.4 Å². The van der Waals surface area contributed by atoms with Gasteiger partial charge in [0.1, 0.15) is 5.75 Å². The number of rotatable bonds is 14. The predicted octanol–water partition coefficient (Wildman–Crippen LogP) is 4.41. The maximum absolute atomic E-state index is 14.2. The minimum absolute atomic E-state index is 0.136. The zero-order chi connectivity index (χ0) is 33.4. The third-order valence-electron chi connectivity index (χ3n) is 8.04. The van der Waals surface area contributed by atoms with Crippen molar-refractivity contribution in [2.45, 2.75) is 38.0 Å². The maximum atomic E-state index is 14.2. The summed E-state index contributed by atoms with van der Waals surface area (Å²) in [6.45, 7) is 0.999. The van der Waals surface area contributed by atoms with Gasteiger partial charge in [0.05, 0.1) is 48.1 Å². The summed E-state index contributed by atoms with van der Waals surface area (Å²) in [5.74, 6) is 0.00162. The maximum Gasteiger partial charge on any atom is 0.253 e. The summed E-state index contributed by atoms with van der Waals surface area (Å²) in [7, 11) is -2.28. The van der Waals surface area contributed by atoms with Crippen LogP contribution in [0.1, 0.15) is 34.3 Å². The molecule has 1 fully saturated rings. The average molecular weight is 657 g/mol. The number of methoxy groups -OCH3 is 1. The number of amides is 2. The number of carbonyl (C=O) groups excluding carboxylic acids is 2. The van der Waals surface area contributed by atoms with Crippen molar-refractivity contribution in [3.8, 4) is 5.75 Å². The molecule has 0 aliphatic carbocycles. The molecule has 1 saturated heterocycles. The molecule has 0 saturated carbocycles. The number of sulfonamides is 1. The molecular formula is C36H40N4O6S. The number of anilines is 3. The van der Waals surface area contributed by atoms with Gasteiger partial charge < -0.3 is 25.4 Å². The SMILES string of the molecule is COc1cccc(CNC[C@@H](O)[C@H](Cc2ccccc2)NC(=O)c2cccc(N(c3ccccc3)S(C)(=O)=O)c2N2CCCC2=O)c1. The van der Waals surface area contributed by atoms with Crippen molar-refractivity contribution in [3.63, 3.8) is 0 Å². The Balaban J connectivity index is 1.47. The van der Waals surface area contributed by atoms with E-state index in [1.54, 1.807) is 55.6 Å². The number of aliphatic hydroxyl groups is 1. The van der Waals surface area contributed by atoms with E-state index in [1.807, 2.05) is 54.6 Å².